The highest BCUT2D eigenvalue weighted by molar-refractivity contribution is 5.72. The second-order valence-corrected chi connectivity index (χ2v) is 2.55. The van der Waals surface area contributed by atoms with E-state index in [0.29, 0.717) is 0 Å². The molecule has 1 rings (SSSR count). The van der Waals surface area contributed by atoms with Crippen LogP contribution in [0, 0.1) is 6.92 Å². The Morgan fingerprint density at radius 1 is 1.83 bits per heavy atom. The summed E-state index contributed by atoms with van der Waals surface area (Å²) in [5.74, 6) is -0.877. The normalized spacial score (nSPS) is 9.83. The number of anilines is 1. The second kappa shape index (κ2) is 3.25. The Labute approximate surface area is 70.0 Å². The second-order valence-electron chi connectivity index (χ2n) is 2.55. The lowest BCUT2D eigenvalue weighted by atomic mass is 10.4. The van der Waals surface area contributed by atoms with Gasteiger partial charge in [-0.25, -0.2) is 0 Å². The van der Waals surface area contributed by atoms with E-state index in [1.54, 1.807) is 17.9 Å². The van der Waals surface area contributed by atoms with Gasteiger partial charge in [-0.15, -0.1) is 0 Å². The molecular formula is C7H11N3O2. The quantitative estimate of drug-likeness (QED) is 0.679. The predicted molar refractivity (Wildman–Crippen MR) is 44.1 cm³/mol. The van der Waals surface area contributed by atoms with Crippen LogP contribution in [0.2, 0.25) is 0 Å². The van der Waals surface area contributed by atoms with Crippen LogP contribution in [-0.2, 0) is 11.8 Å². The van der Waals surface area contributed by atoms with E-state index in [0.717, 1.165) is 11.4 Å². The predicted octanol–water partition coefficient (Wildman–Crippen LogP) is 0.225. The summed E-state index contributed by atoms with van der Waals surface area (Å²) in [5.41, 5.74) is 1.57. The van der Waals surface area contributed by atoms with Crippen LogP contribution >= 0.6 is 0 Å². The Morgan fingerprint density at radius 3 is 2.92 bits per heavy atom. The van der Waals surface area contributed by atoms with Crippen LogP contribution < -0.4 is 5.32 Å². The van der Waals surface area contributed by atoms with Crippen LogP contribution in [0.15, 0.2) is 6.20 Å². The van der Waals surface area contributed by atoms with Gasteiger partial charge in [0.1, 0.15) is 6.54 Å². The van der Waals surface area contributed by atoms with Gasteiger partial charge < -0.3 is 10.4 Å². The molecule has 0 aliphatic heterocycles. The van der Waals surface area contributed by atoms with Crippen molar-refractivity contribution in [2.24, 2.45) is 7.05 Å². The molecule has 1 heterocycles. The fraction of sp³-hybridized carbons (Fsp3) is 0.429. The number of carboxylic acid groups (broad SMARTS) is 1. The first-order valence-corrected chi connectivity index (χ1v) is 3.55. The Balaban J connectivity index is 2.62. The monoisotopic (exact) mass is 169 g/mol. The van der Waals surface area contributed by atoms with Crippen LogP contribution in [0.4, 0.5) is 5.69 Å². The molecule has 5 heteroatoms. The number of aliphatic carboxylic acids is 1. The molecule has 0 spiro atoms. The molecule has 0 fully saturated rings. The molecule has 0 saturated heterocycles. The van der Waals surface area contributed by atoms with E-state index in [1.807, 2.05) is 6.92 Å². The Hall–Kier alpha value is -1.52. The zero-order valence-electron chi connectivity index (χ0n) is 7.03. The number of hydrogen-bond acceptors (Lipinski definition) is 3. The molecule has 12 heavy (non-hydrogen) atoms. The lowest BCUT2D eigenvalue weighted by molar-refractivity contribution is -0.134. The van der Waals surface area contributed by atoms with Gasteiger partial charge in [-0.1, -0.05) is 0 Å². The summed E-state index contributed by atoms with van der Waals surface area (Å²) in [6, 6.07) is 0. The maximum atomic E-state index is 10.2. The molecule has 0 bridgehead atoms. The zero-order chi connectivity index (χ0) is 9.14. The van der Waals surface area contributed by atoms with E-state index in [-0.39, 0.29) is 6.54 Å². The molecule has 0 atom stereocenters. The third kappa shape index (κ3) is 1.98. The lowest BCUT2D eigenvalue weighted by Crippen LogP contribution is -2.12. The van der Waals surface area contributed by atoms with E-state index in [1.165, 1.54) is 0 Å². The van der Waals surface area contributed by atoms with E-state index in [9.17, 15) is 4.79 Å². The number of aryl methyl sites for hydroxylation is 2. The molecule has 1 aromatic heterocycles. The van der Waals surface area contributed by atoms with Crippen molar-refractivity contribution in [3.05, 3.63) is 11.9 Å². The van der Waals surface area contributed by atoms with Gasteiger partial charge in [0.05, 0.1) is 11.4 Å². The molecule has 0 saturated carbocycles. The Morgan fingerprint density at radius 2 is 2.50 bits per heavy atom. The molecule has 0 radical (unpaired) electrons. The average Bonchev–Trinajstić information content (AvgIpc) is 2.26. The molecule has 5 nitrogen and oxygen atoms in total. The van der Waals surface area contributed by atoms with E-state index < -0.39 is 5.97 Å². The minimum Gasteiger partial charge on any atom is -0.480 e. The largest absolute Gasteiger partial charge is 0.480 e. The van der Waals surface area contributed by atoms with Crippen LogP contribution in [0.5, 0.6) is 0 Å². The number of nitrogens with zero attached hydrogens (tertiary/aromatic N) is 2. The van der Waals surface area contributed by atoms with Crippen molar-refractivity contribution in [1.82, 2.24) is 9.78 Å². The van der Waals surface area contributed by atoms with Crippen molar-refractivity contribution in [1.29, 1.82) is 0 Å². The van der Waals surface area contributed by atoms with E-state index in [2.05, 4.69) is 10.4 Å². The number of aromatic nitrogens is 2. The first kappa shape index (κ1) is 8.58. The lowest BCUT2D eigenvalue weighted by Gasteiger charge is -1.98. The number of hydrogen-bond donors (Lipinski definition) is 2. The van der Waals surface area contributed by atoms with Crippen molar-refractivity contribution in [3.63, 3.8) is 0 Å². The zero-order valence-corrected chi connectivity index (χ0v) is 7.03. The van der Waals surface area contributed by atoms with Crippen molar-refractivity contribution in [3.8, 4) is 0 Å². The summed E-state index contributed by atoms with van der Waals surface area (Å²) in [4.78, 5) is 10.2. The molecule has 0 unspecified atom stereocenters. The maximum absolute atomic E-state index is 10.2. The van der Waals surface area contributed by atoms with Crippen molar-refractivity contribution in [2.75, 3.05) is 11.9 Å². The van der Waals surface area contributed by atoms with E-state index >= 15 is 0 Å². The summed E-state index contributed by atoms with van der Waals surface area (Å²) >= 11 is 0. The molecule has 2 N–H and O–H groups in total. The number of rotatable bonds is 3. The number of carboxylic acids is 1. The van der Waals surface area contributed by atoms with Crippen LogP contribution in [0.1, 0.15) is 5.69 Å². The summed E-state index contributed by atoms with van der Waals surface area (Å²) < 4.78 is 1.64. The Bertz CT molecular complexity index is 293. The molecular weight excluding hydrogens is 158 g/mol. The topological polar surface area (TPSA) is 67.2 Å². The van der Waals surface area contributed by atoms with Gasteiger partial charge in [-0.3, -0.25) is 9.48 Å². The standard InChI is InChI=1S/C7H11N3O2/c1-5-6(4-10(2)9-5)8-3-7(11)12/h4,8H,3H2,1-2H3,(H,11,12). The van der Waals surface area contributed by atoms with Gasteiger partial charge in [-0.2, -0.15) is 5.10 Å². The molecule has 0 aliphatic carbocycles. The average molecular weight is 169 g/mol. The minimum absolute atomic E-state index is 0.0769. The van der Waals surface area contributed by atoms with Gasteiger partial charge in [0, 0.05) is 13.2 Å². The fourth-order valence-electron chi connectivity index (χ4n) is 0.944. The van der Waals surface area contributed by atoms with Crippen molar-refractivity contribution < 1.29 is 9.90 Å². The van der Waals surface area contributed by atoms with Gasteiger partial charge >= 0.3 is 5.97 Å². The molecule has 0 amide bonds. The minimum atomic E-state index is -0.877. The summed E-state index contributed by atoms with van der Waals surface area (Å²) in [6.45, 7) is 1.75. The highest BCUT2D eigenvalue weighted by atomic mass is 16.4. The molecule has 0 aromatic carbocycles. The SMILES string of the molecule is Cc1nn(C)cc1NCC(=O)O. The molecule has 0 aliphatic rings. The van der Waals surface area contributed by atoms with Crippen LogP contribution in [0.25, 0.3) is 0 Å². The number of nitrogens with one attached hydrogen (secondary N) is 1. The van der Waals surface area contributed by atoms with Gasteiger partial charge in [0.2, 0.25) is 0 Å². The molecule has 1 aromatic rings. The highest BCUT2D eigenvalue weighted by Gasteiger charge is 2.03. The summed E-state index contributed by atoms with van der Waals surface area (Å²) in [6.07, 6.45) is 1.75. The van der Waals surface area contributed by atoms with Gasteiger partial charge in [-0.05, 0) is 6.92 Å². The summed E-state index contributed by atoms with van der Waals surface area (Å²) in [5, 5.41) is 15.2. The fourth-order valence-corrected chi connectivity index (χ4v) is 0.944. The van der Waals surface area contributed by atoms with E-state index in [4.69, 9.17) is 5.11 Å². The first-order valence-electron chi connectivity index (χ1n) is 3.55. The summed E-state index contributed by atoms with van der Waals surface area (Å²) in [7, 11) is 1.79. The first-order chi connectivity index (χ1) is 5.59. The van der Waals surface area contributed by atoms with Gasteiger partial charge in [0.15, 0.2) is 0 Å². The Kier molecular flexibility index (Phi) is 2.32. The van der Waals surface area contributed by atoms with Crippen molar-refractivity contribution >= 4 is 11.7 Å². The smallest absolute Gasteiger partial charge is 0.322 e. The van der Waals surface area contributed by atoms with Gasteiger partial charge in [0.25, 0.3) is 0 Å². The molecule has 66 valence electrons. The number of carbonyl (C=O) groups is 1. The van der Waals surface area contributed by atoms with Crippen LogP contribution in [-0.4, -0.2) is 27.4 Å². The maximum Gasteiger partial charge on any atom is 0.322 e. The third-order valence-electron chi connectivity index (χ3n) is 1.44. The van der Waals surface area contributed by atoms with Crippen LogP contribution in [0.3, 0.4) is 0 Å². The highest BCUT2D eigenvalue weighted by Crippen LogP contribution is 2.10. The third-order valence-corrected chi connectivity index (χ3v) is 1.44. The van der Waals surface area contributed by atoms with Crippen molar-refractivity contribution in [2.45, 2.75) is 6.92 Å².